The molecule has 0 aliphatic carbocycles. The van der Waals surface area contributed by atoms with Crippen LogP contribution < -0.4 is 5.32 Å². The molecule has 0 saturated carbocycles. The van der Waals surface area contributed by atoms with Crippen LogP contribution in [-0.4, -0.2) is 46.1 Å². The minimum atomic E-state index is -1.13. The number of carbonyl (C=O) groups is 1. The number of nitrogens with one attached hydrogen (secondary N) is 1. The molecular weight excluding hydrogens is 462 g/mol. The fraction of sp³-hybridized carbons (Fsp3) is 0.969. The van der Waals surface area contributed by atoms with Crippen LogP contribution in [0.1, 0.15) is 174 Å². The van der Waals surface area contributed by atoms with Gasteiger partial charge in [-0.3, -0.25) is 4.79 Å². The highest BCUT2D eigenvalue weighted by Gasteiger charge is 2.26. The lowest BCUT2D eigenvalue weighted by Gasteiger charge is -2.26. The molecule has 0 spiro atoms. The van der Waals surface area contributed by atoms with Crippen molar-refractivity contribution in [3.05, 3.63) is 0 Å². The van der Waals surface area contributed by atoms with E-state index in [2.05, 4.69) is 19.2 Å². The minimum Gasteiger partial charge on any atom is -0.394 e. The van der Waals surface area contributed by atoms with Crippen LogP contribution in [0.15, 0.2) is 0 Å². The van der Waals surface area contributed by atoms with Gasteiger partial charge in [-0.1, -0.05) is 155 Å². The number of aliphatic hydroxyl groups is 3. The van der Waals surface area contributed by atoms with E-state index in [9.17, 15) is 20.1 Å². The van der Waals surface area contributed by atoms with Gasteiger partial charge >= 0.3 is 0 Å². The first-order valence-electron chi connectivity index (χ1n) is 16.3. The third-order valence-electron chi connectivity index (χ3n) is 7.71. The van der Waals surface area contributed by atoms with Crippen molar-refractivity contribution in [2.24, 2.45) is 0 Å². The molecule has 0 unspecified atom stereocenters. The van der Waals surface area contributed by atoms with E-state index in [4.69, 9.17) is 0 Å². The second-order valence-corrected chi connectivity index (χ2v) is 11.4. The molecule has 0 bridgehead atoms. The quantitative estimate of drug-likeness (QED) is 0.0742. The third kappa shape index (κ3) is 24.1. The van der Waals surface area contributed by atoms with Gasteiger partial charge < -0.3 is 20.6 Å². The summed E-state index contributed by atoms with van der Waals surface area (Å²) in [6.07, 6.45) is 27.7. The van der Waals surface area contributed by atoms with Gasteiger partial charge in [0.25, 0.3) is 0 Å². The number of rotatable bonds is 29. The number of unbranched alkanes of at least 4 members (excludes halogenated alkanes) is 21. The van der Waals surface area contributed by atoms with Crippen LogP contribution in [0.4, 0.5) is 0 Å². The highest BCUT2D eigenvalue weighted by Crippen LogP contribution is 2.15. The molecule has 1 amide bonds. The van der Waals surface area contributed by atoms with Crippen LogP contribution >= 0.6 is 0 Å². The summed E-state index contributed by atoms with van der Waals surface area (Å²) in [5.74, 6) is -0.146. The minimum absolute atomic E-state index is 0.146. The van der Waals surface area contributed by atoms with Gasteiger partial charge in [-0.25, -0.2) is 0 Å². The molecule has 0 aromatic carbocycles. The Balaban J connectivity index is 3.67. The first-order valence-corrected chi connectivity index (χ1v) is 16.3. The molecule has 0 saturated heterocycles. The molecule has 4 N–H and O–H groups in total. The lowest BCUT2D eigenvalue weighted by molar-refractivity contribution is -0.124. The van der Waals surface area contributed by atoms with Crippen molar-refractivity contribution >= 4 is 5.91 Å². The van der Waals surface area contributed by atoms with Crippen LogP contribution in [0, 0.1) is 0 Å². The number of amides is 1. The van der Waals surface area contributed by atoms with Crippen LogP contribution in [0.3, 0.4) is 0 Å². The predicted molar refractivity (Wildman–Crippen MR) is 158 cm³/mol. The summed E-state index contributed by atoms with van der Waals surface area (Å²) >= 11 is 0. The van der Waals surface area contributed by atoms with Crippen molar-refractivity contribution < 1.29 is 20.1 Å². The molecule has 5 heteroatoms. The number of aliphatic hydroxyl groups excluding tert-OH is 3. The second kappa shape index (κ2) is 28.4. The fourth-order valence-corrected chi connectivity index (χ4v) is 5.10. The van der Waals surface area contributed by atoms with Crippen molar-refractivity contribution in [2.45, 2.75) is 193 Å². The Morgan fingerprint density at radius 3 is 1.30 bits per heavy atom. The van der Waals surface area contributed by atoms with E-state index >= 15 is 0 Å². The van der Waals surface area contributed by atoms with E-state index in [-0.39, 0.29) is 12.5 Å². The van der Waals surface area contributed by atoms with Crippen molar-refractivity contribution in [1.82, 2.24) is 5.32 Å². The summed E-state index contributed by atoms with van der Waals surface area (Å²) < 4.78 is 0. The highest BCUT2D eigenvalue weighted by atomic mass is 16.3. The lowest BCUT2D eigenvalue weighted by atomic mass is 9.99. The first kappa shape index (κ1) is 36.4. The molecule has 37 heavy (non-hydrogen) atoms. The van der Waals surface area contributed by atoms with Gasteiger partial charge in [-0.15, -0.1) is 0 Å². The van der Waals surface area contributed by atoms with E-state index in [0.717, 1.165) is 38.5 Å². The highest BCUT2D eigenvalue weighted by molar-refractivity contribution is 5.76. The lowest BCUT2D eigenvalue weighted by Crippen LogP contribution is -2.50. The van der Waals surface area contributed by atoms with E-state index < -0.39 is 18.2 Å². The zero-order chi connectivity index (χ0) is 27.4. The van der Waals surface area contributed by atoms with Gasteiger partial charge in [0.1, 0.15) is 6.10 Å². The van der Waals surface area contributed by atoms with E-state index in [1.54, 1.807) is 0 Å². The van der Waals surface area contributed by atoms with Gasteiger partial charge in [0, 0.05) is 6.42 Å². The SMILES string of the molecule is CCCCCCCCCCCCCCCCCC(=O)N[C@@H](CO)[C@H](O)[C@H](O)CCCCCCCCCC. The van der Waals surface area contributed by atoms with Crippen LogP contribution in [0.25, 0.3) is 0 Å². The predicted octanol–water partition coefficient (Wildman–Crippen LogP) is 7.98. The molecule has 0 aromatic heterocycles. The zero-order valence-corrected chi connectivity index (χ0v) is 24.9. The number of hydrogen-bond acceptors (Lipinski definition) is 4. The third-order valence-corrected chi connectivity index (χ3v) is 7.71. The summed E-state index contributed by atoms with van der Waals surface area (Å²) in [5, 5.41) is 33.1. The zero-order valence-electron chi connectivity index (χ0n) is 24.9. The Morgan fingerprint density at radius 1 is 0.568 bits per heavy atom. The number of carbonyl (C=O) groups excluding carboxylic acids is 1. The summed E-state index contributed by atoms with van der Waals surface area (Å²) in [4.78, 5) is 12.3. The standard InChI is InChI=1S/C32H65NO4/c1-3-5-7-9-11-13-14-15-16-17-18-19-21-23-25-27-31(36)33-29(28-34)32(37)30(35)26-24-22-20-12-10-8-6-4-2/h29-30,32,34-35,37H,3-28H2,1-2H3,(H,33,36)/t29-,30+,32-/m0/s1. The van der Waals surface area contributed by atoms with Gasteiger partial charge in [0.05, 0.1) is 18.8 Å². The Morgan fingerprint density at radius 2 is 0.919 bits per heavy atom. The van der Waals surface area contributed by atoms with Crippen LogP contribution in [0.5, 0.6) is 0 Å². The molecule has 3 atom stereocenters. The summed E-state index contributed by atoms with van der Waals surface area (Å²) in [6.45, 7) is 4.12. The summed E-state index contributed by atoms with van der Waals surface area (Å²) in [6, 6.07) is -0.798. The van der Waals surface area contributed by atoms with Crippen LogP contribution in [0.2, 0.25) is 0 Å². The maximum absolute atomic E-state index is 12.3. The molecule has 222 valence electrons. The monoisotopic (exact) mass is 527 g/mol. The topological polar surface area (TPSA) is 89.8 Å². The van der Waals surface area contributed by atoms with Gasteiger partial charge in [-0.05, 0) is 12.8 Å². The molecule has 0 fully saturated rings. The number of hydrogen-bond donors (Lipinski definition) is 4. The molecule has 0 aromatic rings. The molecular formula is C32H65NO4. The Bertz CT molecular complexity index is 474. The average Bonchev–Trinajstić information content (AvgIpc) is 2.90. The molecule has 5 nitrogen and oxygen atoms in total. The van der Waals surface area contributed by atoms with Gasteiger partial charge in [-0.2, -0.15) is 0 Å². The van der Waals surface area contributed by atoms with Crippen molar-refractivity contribution in [3.63, 3.8) is 0 Å². The Labute approximate surface area is 230 Å². The van der Waals surface area contributed by atoms with Crippen molar-refractivity contribution in [1.29, 1.82) is 0 Å². The second-order valence-electron chi connectivity index (χ2n) is 11.4. The van der Waals surface area contributed by atoms with E-state index in [1.165, 1.54) is 109 Å². The average molecular weight is 528 g/mol. The molecule has 0 rings (SSSR count). The van der Waals surface area contributed by atoms with Gasteiger partial charge in [0.2, 0.25) is 5.91 Å². The molecule has 0 aliphatic heterocycles. The maximum Gasteiger partial charge on any atom is 0.220 e. The van der Waals surface area contributed by atoms with E-state index in [0.29, 0.717) is 12.8 Å². The molecule has 0 aliphatic rings. The summed E-state index contributed by atoms with van der Waals surface area (Å²) in [7, 11) is 0. The Kier molecular flexibility index (Phi) is 27.9. The first-order chi connectivity index (χ1) is 18.1. The Hall–Kier alpha value is -0.650. The maximum atomic E-state index is 12.3. The molecule has 0 heterocycles. The summed E-state index contributed by atoms with van der Waals surface area (Å²) in [5.41, 5.74) is 0. The smallest absolute Gasteiger partial charge is 0.220 e. The van der Waals surface area contributed by atoms with Crippen molar-refractivity contribution in [3.8, 4) is 0 Å². The largest absolute Gasteiger partial charge is 0.394 e. The van der Waals surface area contributed by atoms with E-state index in [1.807, 2.05) is 0 Å². The van der Waals surface area contributed by atoms with Gasteiger partial charge in [0.15, 0.2) is 0 Å². The fourth-order valence-electron chi connectivity index (χ4n) is 5.10. The van der Waals surface area contributed by atoms with Crippen LogP contribution in [-0.2, 0) is 4.79 Å². The van der Waals surface area contributed by atoms with Crippen molar-refractivity contribution in [2.75, 3.05) is 6.61 Å². The molecule has 0 radical (unpaired) electrons. The normalized spacial score (nSPS) is 14.0.